The molecule has 1 N–H and O–H groups in total. The lowest BCUT2D eigenvalue weighted by molar-refractivity contribution is -0.893. The number of hydrogen-bond donors (Lipinski definition) is 1. The molecule has 0 aliphatic rings. The first-order valence-corrected chi connectivity index (χ1v) is 11.5. The molecule has 1 unspecified atom stereocenters. The summed E-state index contributed by atoms with van der Waals surface area (Å²) >= 11 is 0. The van der Waals surface area contributed by atoms with Gasteiger partial charge in [-0.2, -0.15) is 0 Å². The minimum absolute atomic E-state index is 0. The Morgan fingerprint density at radius 2 is 0.923 bits per heavy atom. The van der Waals surface area contributed by atoms with Crippen LogP contribution in [0.5, 0.6) is 0 Å². The van der Waals surface area contributed by atoms with Gasteiger partial charge in [0.2, 0.25) is 0 Å². The van der Waals surface area contributed by atoms with Crippen molar-refractivity contribution in [2.24, 2.45) is 0 Å². The lowest BCUT2D eigenvalue weighted by Gasteiger charge is -2.31. The molecule has 0 saturated heterocycles. The lowest BCUT2D eigenvalue weighted by atomic mass is 10.0. The van der Waals surface area contributed by atoms with Gasteiger partial charge in [-0.3, -0.25) is 0 Å². The first kappa shape index (κ1) is 28.4. The fraction of sp³-hybridized carbons (Fsp3) is 1.00. The topological polar surface area (TPSA) is 20.2 Å². The van der Waals surface area contributed by atoms with Crippen LogP contribution in [-0.4, -0.2) is 42.9 Å². The normalized spacial score (nSPS) is 12.8. The minimum atomic E-state index is -0.184. The smallest absolute Gasteiger partial charge is 0.104 e. The summed E-state index contributed by atoms with van der Waals surface area (Å²) in [5.74, 6) is 0. The van der Waals surface area contributed by atoms with Crippen molar-refractivity contribution in [3.63, 3.8) is 0 Å². The van der Waals surface area contributed by atoms with Gasteiger partial charge in [0, 0.05) is 0 Å². The van der Waals surface area contributed by atoms with Gasteiger partial charge in [0.25, 0.3) is 0 Å². The van der Waals surface area contributed by atoms with Crippen LogP contribution >= 0.6 is 0 Å². The van der Waals surface area contributed by atoms with Crippen molar-refractivity contribution in [2.45, 2.75) is 123 Å². The molecular formula is C23H50ClNO. The predicted molar refractivity (Wildman–Crippen MR) is 113 cm³/mol. The standard InChI is InChI=1S/C23H50NO.ClH/c1-5-6-7-8-9-10-11-12-13-14-15-16-17-18-19-20-21-24(3,4)22-23(2)25;/h23,25H,5-22H2,1-4H3;1H/q+1;/p-1. The molecule has 0 bridgehead atoms. The van der Waals surface area contributed by atoms with E-state index in [0.717, 1.165) is 11.0 Å². The van der Waals surface area contributed by atoms with Crippen LogP contribution in [0, 0.1) is 0 Å². The second-order valence-electron chi connectivity index (χ2n) is 8.99. The molecule has 26 heavy (non-hydrogen) atoms. The van der Waals surface area contributed by atoms with Gasteiger partial charge in [-0.05, 0) is 19.8 Å². The summed E-state index contributed by atoms with van der Waals surface area (Å²) < 4.78 is 0.955. The monoisotopic (exact) mass is 391 g/mol. The Morgan fingerprint density at radius 3 is 1.23 bits per heavy atom. The van der Waals surface area contributed by atoms with E-state index in [2.05, 4.69) is 21.0 Å². The average molecular weight is 392 g/mol. The van der Waals surface area contributed by atoms with E-state index < -0.39 is 0 Å². The number of quaternary nitrogens is 1. The van der Waals surface area contributed by atoms with Crippen molar-refractivity contribution in [1.29, 1.82) is 0 Å². The molecule has 0 radical (unpaired) electrons. The maximum Gasteiger partial charge on any atom is 0.104 e. The highest BCUT2D eigenvalue weighted by Crippen LogP contribution is 2.14. The Kier molecular flexibility index (Phi) is 21.8. The highest BCUT2D eigenvalue weighted by molar-refractivity contribution is 4.50. The molecule has 3 heteroatoms. The van der Waals surface area contributed by atoms with Gasteiger partial charge in [0.05, 0.1) is 20.6 Å². The molecule has 0 aliphatic carbocycles. The Hall–Kier alpha value is 0.210. The molecule has 160 valence electrons. The molecule has 0 rings (SSSR count). The molecule has 2 nitrogen and oxygen atoms in total. The number of hydrogen-bond acceptors (Lipinski definition) is 1. The van der Waals surface area contributed by atoms with Crippen molar-refractivity contribution in [1.82, 2.24) is 0 Å². The number of halogens is 1. The maximum atomic E-state index is 9.51. The van der Waals surface area contributed by atoms with Crippen LogP contribution in [0.2, 0.25) is 0 Å². The summed E-state index contributed by atoms with van der Waals surface area (Å²) in [6.07, 6.45) is 22.6. The van der Waals surface area contributed by atoms with Crippen LogP contribution < -0.4 is 12.4 Å². The largest absolute Gasteiger partial charge is 1.00 e. The van der Waals surface area contributed by atoms with Crippen molar-refractivity contribution < 1.29 is 22.0 Å². The van der Waals surface area contributed by atoms with Crippen LogP contribution in [0.4, 0.5) is 0 Å². The van der Waals surface area contributed by atoms with Crippen LogP contribution in [0.15, 0.2) is 0 Å². The van der Waals surface area contributed by atoms with Crippen molar-refractivity contribution in [2.75, 3.05) is 27.2 Å². The van der Waals surface area contributed by atoms with Gasteiger partial charge >= 0.3 is 0 Å². The van der Waals surface area contributed by atoms with Crippen LogP contribution in [0.25, 0.3) is 0 Å². The zero-order chi connectivity index (χ0) is 18.8. The third-order valence-electron chi connectivity index (χ3n) is 5.38. The quantitative estimate of drug-likeness (QED) is 0.263. The second kappa shape index (κ2) is 20.0. The first-order valence-electron chi connectivity index (χ1n) is 11.5. The summed E-state index contributed by atoms with van der Waals surface area (Å²) in [4.78, 5) is 0. The van der Waals surface area contributed by atoms with Gasteiger partial charge in [-0.15, -0.1) is 0 Å². The summed E-state index contributed by atoms with van der Waals surface area (Å²) in [6, 6.07) is 0. The van der Waals surface area contributed by atoms with E-state index in [1.807, 2.05) is 6.92 Å². The van der Waals surface area contributed by atoms with Crippen molar-refractivity contribution >= 4 is 0 Å². The fourth-order valence-corrected chi connectivity index (χ4v) is 3.89. The molecular weight excluding hydrogens is 342 g/mol. The van der Waals surface area contributed by atoms with Gasteiger partial charge in [0.1, 0.15) is 12.6 Å². The zero-order valence-corrected chi connectivity index (χ0v) is 19.3. The number of unbranched alkanes of at least 4 members (excludes halogenated alkanes) is 15. The third-order valence-corrected chi connectivity index (χ3v) is 5.38. The first-order chi connectivity index (χ1) is 12.0. The van der Waals surface area contributed by atoms with Crippen LogP contribution in [0.3, 0.4) is 0 Å². The van der Waals surface area contributed by atoms with Gasteiger partial charge in [-0.25, -0.2) is 0 Å². The van der Waals surface area contributed by atoms with E-state index in [4.69, 9.17) is 0 Å². The van der Waals surface area contributed by atoms with E-state index in [1.54, 1.807) is 0 Å². The van der Waals surface area contributed by atoms with Crippen molar-refractivity contribution in [3.05, 3.63) is 0 Å². The summed E-state index contributed by atoms with van der Waals surface area (Å²) in [7, 11) is 4.47. The van der Waals surface area contributed by atoms with E-state index >= 15 is 0 Å². The van der Waals surface area contributed by atoms with Crippen LogP contribution in [0.1, 0.15) is 117 Å². The Bertz CT molecular complexity index is 269. The molecule has 0 aromatic heterocycles. The van der Waals surface area contributed by atoms with Gasteiger partial charge in [-0.1, -0.05) is 96.8 Å². The summed E-state index contributed by atoms with van der Waals surface area (Å²) in [6.45, 7) is 6.26. The maximum absolute atomic E-state index is 9.51. The Labute approximate surface area is 172 Å². The molecule has 0 amide bonds. The van der Waals surface area contributed by atoms with E-state index in [1.165, 1.54) is 109 Å². The van der Waals surface area contributed by atoms with Gasteiger partial charge in [0.15, 0.2) is 0 Å². The molecule has 0 fully saturated rings. The van der Waals surface area contributed by atoms with E-state index in [-0.39, 0.29) is 18.5 Å². The molecule has 0 heterocycles. The number of likely N-dealkylation sites (N-methyl/N-ethyl adjacent to an activating group) is 1. The Morgan fingerprint density at radius 1 is 0.615 bits per heavy atom. The second-order valence-corrected chi connectivity index (χ2v) is 8.99. The van der Waals surface area contributed by atoms with Crippen molar-refractivity contribution in [3.8, 4) is 0 Å². The predicted octanol–water partition coefficient (Wildman–Crippen LogP) is 3.71. The molecule has 0 aromatic rings. The molecule has 0 spiro atoms. The highest BCUT2D eigenvalue weighted by Gasteiger charge is 2.16. The van der Waals surface area contributed by atoms with Crippen LogP contribution in [-0.2, 0) is 0 Å². The molecule has 1 atom stereocenters. The number of rotatable bonds is 19. The summed E-state index contributed by atoms with van der Waals surface area (Å²) in [5.41, 5.74) is 0. The third kappa shape index (κ3) is 22.3. The number of aliphatic hydroxyl groups excluding tert-OH is 1. The van der Waals surface area contributed by atoms with Gasteiger partial charge < -0.3 is 22.0 Å². The minimum Gasteiger partial charge on any atom is -1.00 e. The highest BCUT2D eigenvalue weighted by atomic mass is 35.5. The lowest BCUT2D eigenvalue weighted by Crippen LogP contribution is -3.00. The SMILES string of the molecule is CCCCCCCCCCCCCCCCCC[N+](C)(C)CC(C)O.[Cl-]. The number of aliphatic hydroxyl groups is 1. The van der Waals surface area contributed by atoms with E-state index in [0.29, 0.717) is 0 Å². The summed E-state index contributed by atoms with van der Waals surface area (Å²) in [5, 5.41) is 9.51. The molecule has 0 saturated carbocycles. The molecule has 0 aromatic carbocycles. The fourth-order valence-electron chi connectivity index (χ4n) is 3.89. The zero-order valence-electron chi connectivity index (χ0n) is 18.6. The molecule has 0 aliphatic heterocycles. The van der Waals surface area contributed by atoms with E-state index in [9.17, 15) is 5.11 Å². The Balaban J connectivity index is 0. The number of nitrogens with zero attached hydrogens (tertiary/aromatic N) is 1. The average Bonchev–Trinajstić information content (AvgIpc) is 2.53.